The molecule has 45 heavy (non-hydrogen) atoms. The number of fused-ring (bicyclic) bond motifs is 2. The molecule has 0 aliphatic carbocycles. The van der Waals surface area contributed by atoms with Gasteiger partial charge in [0.25, 0.3) is 0 Å². The normalized spacial score (nSPS) is 25.7. The van der Waals surface area contributed by atoms with Crippen LogP contribution in [0.2, 0.25) is 0 Å². The molecule has 1 aromatic heterocycles. The Morgan fingerprint density at radius 2 is 1.80 bits per heavy atom. The molecule has 6 rings (SSSR count). The smallest absolute Gasteiger partial charge is 0.248 e. The summed E-state index contributed by atoms with van der Waals surface area (Å²) in [5.74, 6) is -1.78. The Morgan fingerprint density at radius 3 is 2.51 bits per heavy atom. The van der Waals surface area contributed by atoms with E-state index in [-0.39, 0.29) is 42.8 Å². The van der Waals surface area contributed by atoms with Crippen molar-refractivity contribution in [3.63, 3.8) is 0 Å². The van der Waals surface area contributed by atoms with Gasteiger partial charge in [-0.2, -0.15) is 0 Å². The molecule has 10 nitrogen and oxygen atoms in total. The third kappa shape index (κ3) is 5.15. The number of rotatable bonds is 13. The van der Waals surface area contributed by atoms with E-state index in [2.05, 4.69) is 23.5 Å². The number of likely N-dealkylation sites (tertiary alicyclic amines) is 1. The number of carbonyl (C=O) groups excluding carboxylic acids is 3. The maximum Gasteiger partial charge on any atom is 0.248 e. The number of hydrogen-bond donors (Lipinski definition) is 1. The van der Waals surface area contributed by atoms with Crippen LogP contribution in [-0.2, 0) is 21.1 Å². The highest BCUT2D eigenvalue weighted by Crippen LogP contribution is 2.67. The molecular formula is C34H40N6O4S. The molecule has 3 saturated heterocycles. The Balaban J connectivity index is 1.44. The van der Waals surface area contributed by atoms with Gasteiger partial charge in [0.05, 0.1) is 34.7 Å². The maximum atomic E-state index is 15.0. The van der Waals surface area contributed by atoms with Crippen LogP contribution >= 0.6 is 11.8 Å². The first-order valence-corrected chi connectivity index (χ1v) is 16.5. The summed E-state index contributed by atoms with van der Waals surface area (Å²) in [6.07, 6.45) is 5.54. The lowest BCUT2D eigenvalue weighted by Gasteiger charge is -2.39. The largest absolute Gasteiger partial charge is 0.394 e. The van der Waals surface area contributed by atoms with Gasteiger partial charge in [0, 0.05) is 24.9 Å². The van der Waals surface area contributed by atoms with Gasteiger partial charge in [0.1, 0.15) is 18.2 Å². The summed E-state index contributed by atoms with van der Waals surface area (Å²) in [4.78, 5) is 49.0. The first-order valence-electron chi connectivity index (χ1n) is 15.6. The molecule has 2 aromatic carbocycles. The van der Waals surface area contributed by atoms with Crippen LogP contribution in [-0.4, -0.2) is 94.8 Å². The van der Waals surface area contributed by atoms with E-state index >= 15 is 0 Å². The summed E-state index contributed by atoms with van der Waals surface area (Å²) >= 11 is 1.63. The Kier molecular flexibility index (Phi) is 8.83. The van der Waals surface area contributed by atoms with Crippen molar-refractivity contribution in [3.8, 4) is 0 Å². The molecule has 3 aromatic rings. The van der Waals surface area contributed by atoms with Gasteiger partial charge in [-0.1, -0.05) is 66.8 Å². The fourth-order valence-electron chi connectivity index (χ4n) is 7.67. The van der Waals surface area contributed by atoms with Crippen molar-refractivity contribution < 1.29 is 19.5 Å². The average molecular weight is 629 g/mol. The zero-order chi connectivity index (χ0) is 31.7. The zero-order valence-corrected chi connectivity index (χ0v) is 26.4. The molecule has 3 fully saturated rings. The number of carbonyl (C=O) groups is 3. The monoisotopic (exact) mass is 628 g/mol. The predicted molar refractivity (Wildman–Crippen MR) is 174 cm³/mol. The minimum Gasteiger partial charge on any atom is -0.394 e. The van der Waals surface area contributed by atoms with E-state index in [0.29, 0.717) is 25.0 Å². The fraction of sp³-hybridized carbons (Fsp3) is 0.441. The van der Waals surface area contributed by atoms with Crippen LogP contribution in [0, 0.1) is 11.8 Å². The predicted octanol–water partition coefficient (Wildman–Crippen LogP) is 3.65. The van der Waals surface area contributed by atoms with E-state index in [9.17, 15) is 19.5 Å². The van der Waals surface area contributed by atoms with Gasteiger partial charge < -0.3 is 19.8 Å². The molecule has 1 spiro atoms. The van der Waals surface area contributed by atoms with E-state index in [4.69, 9.17) is 0 Å². The van der Waals surface area contributed by atoms with Crippen molar-refractivity contribution in [2.75, 3.05) is 26.2 Å². The molecule has 2 unspecified atom stereocenters. The number of aliphatic hydroxyl groups is 1. The molecule has 236 valence electrons. The van der Waals surface area contributed by atoms with Gasteiger partial charge in [0.15, 0.2) is 0 Å². The summed E-state index contributed by atoms with van der Waals surface area (Å²) < 4.78 is 0.870. The SMILES string of the molecule is C=CCN(Cn1nnc2ccccc21)C(=O)C1N([C@H](CO)c2ccccc2)C(=O)[C@@H]2[C@@H](C(=O)N(CC=C)CCC)[C@H]3CCC12S3. The second-order valence-electron chi connectivity index (χ2n) is 12.1. The minimum absolute atomic E-state index is 0.0560. The highest BCUT2D eigenvalue weighted by Gasteiger charge is 2.74. The van der Waals surface area contributed by atoms with Crippen molar-refractivity contribution in [3.05, 3.63) is 85.5 Å². The lowest BCUT2D eigenvalue weighted by molar-refractivity contribution is -0.147. The van der Waals surface area contributed by atoms with Crippen molar-refractivity contribution in [2.45, 2.75) is 54.9 Å². The summed E-state index contributed by atoms with van der Waals surface area (Å²) in [5.41, 5.74) is 2.24. The second-order valence-corrected chi connectivity index (χ2v) is 13.7. The first kappa shape index (κ1) is 31.0. The van der Waals surface area contributed by atoms with E-state index in [1.165, 1.54) is 0 Å². The lowest BCUT2D eigenvalue weighted by atomic mass is 9.70. The van der Waals surface area contributed by atoms with Gasteiger partial charge in [-0.25, -0.2) is 4.68 Å². The molecule has 2 bridgehead atoms. The molecule has 3 aliphatic rings. The van der Waals surface area contributed by atoms with Crippen LogP contribution in [0.3, 0.4) is 0 Å². The molecule has 6 atom stereocenters. The number of amides is 3. The van der Waals surface area contributed by atoms with E-state index in [1.54, 1.807) is 43.3 Å². The van der Waals surface area contributed by atoms with Crippen LogP contribution in [0.1, 0.15) is 37.8 Å². The molecule has 3 amide bonds. The summed E-state index contributed by atoms with van der Waals surface area (Å²) in [5, 5.41) is 19.3. The highest BCUT2D eigenvalue weighted by molar-refractivity contribution is 8.02. The highest BCUT2D eigenvalue weighted by atomic mass is 32.2. The van der Waals surface area contributed by atoms with Crippen LogP contribution in [0.4, 0.5) is 0 Å². The Labute approximate surface area is 267 Å². The van der Waals surface area contributed by atoms with Crippen molar-refractivity contribution in [1.82, 2.24) is 29.7 Å². The van der Waals surface area contributed by atoms with E-state index in [1.807, 2.05) is 61.5 Å². The van der Waals surface area contributed by atoms with E-state index < -0.39 is 28.7 Å². The van der Waals surface area contributed by atoms with Crippen molar-refractivity contribution in [2.24, 2.45) is 11.8 Å². The summed E-state index contributed by atoms with van der Waals surface area (Å²) in [7, 11) is 0. The van der Waals surface area contributed by atoms with Crippen LogP contribution in [0.15, 0.2) is 79.9 Å². The topological polar surface area (TPSA) is 112 Å². The van der Waals surface area contributed by atoms with Gasteiger partial charge in [-0.05, 0) is 37.0 Å². The molecule has 4 heterocycles. The number of para-hydroxylation sites is 1. The van der Waals surface area contributed by atoms with Crippen LogP contribution in [0.5, 0.6) is 0 Å². The van der Waals surface area contributed by atoms with Gasteiger partial charge in [-0.3, -0.25) is 14.4 Å². The van der Waals surface area contributed by atoms with Gasteiger partial charge in [0.2, 0.25) is 17.7 Å². The van der Waals surface area contributed by atoms with Gasteiger partial charge >= 0.3 is 0 Å². The Morgan fingerprint density at radius 1 is 1.09 bits per heavy atom. The minimum atomic E-state index is -0.895. The summed E-state index contributed by atoms with van der Waals surface area (Å²) in [6, 6.07) is 15.2. The Bertz CT molecular complexity index is 1600. The zero-order valence-electron chi connectivity index (χ0n) is 25.6. The molecule has 3 aliphatic heterocycles. The van der Waals surface area contributed by atoms with Crippen molar-refractivity contribution >= 4 is 40.5 Å². The molecule has 0 saturated carbocycles. The molecular weight excluding hydrogens is 588 g/mol. The maximum absolute atomic E-state index is 15.0. The van der Waals surface area contributed by atoms with Crippen LogP contribution < -0.4 is 0 Å². The molecule has 1 N–H and O–H groups in total. The average Bonchev–Trinajstić information content (AvgIpc) is 3.81. The summed E-state index contributed by atoms with van der Waals surface area (Å²) in [6.45, 7) is 10.7. The quantitative estimate of drug-likeness (QED) is 0.288. The van der Waals surface area contributed by atoms with E-state index in [0.717, 1.165) is 23.9 Å². The number of aliphatic hydroxyl groups excluding tert-OH is 1. The standard InChI is InChI=1S/C34H40N6O4S/c1-4-18-37(19-5-2)31(42)28-27-16-17-34(45-27)29(28)32(43)40(26(21-41)23-12-8-7-9-13-23)30(34)33(44)38(20-6-3)22-39-25-15-11-10-14-24(25)35-36-39/h4,6-15,26-30,41H,1,3,5,16-22H2,2H3/t26-,27-,28+,29+,30?,34?/m1/s1. The number of nitrogens with zero attached hydrogens (tertiary/aromatic N) is 6. The van der Waals surface area contributed by atoms with Gasteiger partial charge in [-0.15, -0.1) is 30.0 Å². The fourth-order valence-corrected chi connectivity index (χ4v) is 9.87. The number of hydrogen-bond acceptors (Lipinski definition) is 7. The third-order valence-electron chi connectivity index (χ3n) is 9.49. The molecule has 0 radical (unpaired) electrons. The third-order valence-corrected chi connectivity index (χ3v) is 11.4. The second kappa shape index (κ2) is 12.8. The van der Waals surface area contributed by atoms with Crippen LogP contribution in [0.25, 0.3) is 11.0 Å². The number of thioether (sulfide) groups is 1. The first-order chi connectivity index (χ1) is 21.9. The number of benzene rings is 2. The Hall–Kier alpha value is -3.96. The lowest BCUT2D eigenvalue weighted by Crippen LogP contribution is -2.56. The molecule has 11 heteroatoms. The number of aromatic nitrogens is 3. The van der Waals surface area contributed by atoms with Crippen molar-refractivity contribution in [1.29, 1.82) is 0 Å².